The largest absolute Gasteiger partial charge is 0.478 e. The molecule has 1 atom stereocenters. The highest BCUT2D eigenvalue weighted by molar-refractivity contribution is 5.95. The monoisotopic (exact) mass is 312 g/mol. The van der Waals surface area contributed by atoms with Crippen LogP contribution < -0.4 is 10.1 Å². The standard InChI is InChI=1S/C19H24N2O2/c1-3-5-13-23-18-12-11-16(14-20-18)21-19(22)17(4-2)15-9-7-6-8-10-15/h6-12,14,17H,3-5,13H2,1-2H3,(H,21,22)/t17-/m0/s1. The van der Waals surface area contributed by atoms with Crippen molar-refractivity contribution in [1.29, 1.82) is 0 Å². The normalized spacial score (nSPS) is 11.7. The second-order valence-corrected chi connectivity index (χ2v) is 5.45. The maximum atomic E-state index is 12.5. The van der Waals surface area contributed by atoms with Gasteiger partial charge in [0.1, 0.15) is 0 Å². The Balaban J connectivity index is 1.96. The van der Waals surface area contributed by atoms with Crippen LogP contribution in [0.15, 0.2) is 48.7 Å². The van der Waals surface area contributed by atoms with Crippen LogP contribution in [0, 0.1) is 0 Å². The Hall–Kier alpha value is -2.36. The molecule has 1 aromatic heterocycles. The van der Waals surface area contributed by atoms with E-state index in [1.165, 1.54) is 0 Å². The van der Waals surface area contributed by atoms with Gasteiger partial charge in [0.25, 0.3) is 0 Å². The van der Waals surface area contributed by atoms with Gasteiger partial charge in [0.15, 0.2) is 0 Å². The molecule has 1 N–H and O–H groups in total. The van der Waals surface area contributed by atoms with E-state index in [0.29, 0.717) is 18.2 Å². The summed E-state index contributed by atoms with van der Waals surface area (Å²) >= 11 is 0. The lowest BCUT2D eigenvalue weighted by atomic mass is 9.95. The van der Waals surface area contributed by atoms with Crippen LogP contribution in [0.25, 0.3) is 0 Å². The third-order valence-electron chi connectivity index (χ3n) is 3.68. The molecule has 2 rings (SSSR count). The topological polar surface area (TPSA) is 51.2 Å². The molecule has 1 amide bonds. The van der Waals surface area contributed by atoms with Crippen molar-refractivity contribution in [3.63, 3.8) is 0 Å². The fraction of sp³-hybridized carbons (Fsp3) is 0.368. The van der Waals surface area contributed by atoms with Crippen LogP contribution in [0.3, 0.4) is 0 Å². The van der Waals surface area contributed by atoms with E-state index in [4.69, 9.17) is 4.74 Å². The van der Waals surface area contributed by atoms with Crippen molar-refractivity contribution < 1.29 is 9.53 Å². The minimum absolute atomic E-state index is 0.0137. The first-order valence-corrected chi connectivity index (χ1v) is 8.19. The Labute approximate surface area is 137 Å². The minimum Gasteiger partial charge on any atom is -0.478 e. The molecule has 0 bridgehead atoms. The van der Waals surface area contributed by atoms with Crippen LogP contribution in [0.5, 0.6) is 5.88 Å². The zero-order valence-electron chi connectivity index (χ0n) is 13.8. The lowest BCUT2D eigenvalue weighted by Gasteiger charge is -2.15. The SMILES string of the molecule is CCCCOc1ccc(NC(=O)[C@@H](CC)c2ccccc2)cn1. The third kappa shape index (κ3) is 5.09. The molecule has 0 fully saturated rings. The molecule has 1 aromatic carbocycles. The summed E-state index contributed by atoms with van der Waals surface area (Å²) in [4.78, 5) is 16.7. The summed E-state index contributed by atoms with van der Waals surface area (Å²) in [6, 6.07) is 13.4. The molecular weight excluding hydrogens is 288 g/mol. The Morgan fingerprint density at radius 1 is 1.17 bits per heavy atom. The summed E-state index contributed by atoms with van der Waals surface area (Å²) in [7, 11) is 0. The van der Waals surface area contributed by atoms with Gasteiger partial charge >= 0.3 is 0 Å². The van der Waals surface area contributed by atoms with Gasteiger partial charge in [-0.1, -0.05) is 50.6 Å². The number of nitrogens with one attached hydrogen (secondary N) is 1. The number of pyridine rings is 1. The number of nitrogens with zero attached hydrogens (tertiary/aromatic N) is 1. The molecule has 2 aromatic rings. The summed E-state index contributed by atoms with van der Waals surface area (Å²) in [5.74, 6) is 0.420. The Morgan fingerprint density at radius 2 is 1.96 bits per heavy atom. The fourth-order valence-electron chi connectivity index (χ4n) is 2.35. The molecule has 0 spiro atoms. The van der Waals surface area contributed by atoms with Crippen LogP contribution in [0.1, 0.15) is 44.6 Å². The molecule has 0 unspecified atom stereocenters. The van der Waals surface area contributed by atoms with Gasteiger partial charge in [0.05, 0.1) is 24.4 Å². The smallest absolute Gasteiger partial charge is 0.231 e. The van der Waals surface area contributed by atoms with E-state index in [9.17, 15) is 4.79 Å². The number of unbranched alkanes of at least 4 members (excludes halogenated alkanes) is 1. The summed E-state index contributed by atoms with van der Waals surface area (Å²) in [6.07, 6.45) is 4.49. The average molecular weight is 312 g/mol. The zero-order valence-corrected chi connectivity index (χ0v) is 13.8. The summed E-state index contributed by atoms with van der Waals surface area (Å²) < 4.78 is 5.52. The first-order valence-electron chi connectivity index (χ1n) is 8.19. The van der Waals surface area contributed by atoms with Gasteiger partial charge in [-0.25, -0.2) is 4.98 Å². The number of ether oxygens (including phenoxy) is 1. The van der Waals surface area contributed by atoms with Gasteiger partial charge in [-0.2, -0.15) is 0 Å². The number of amides is 1. The lowest BCUT2D eigenvalue weighted by molar-refractivity contribution is -0.117. The van der Waals surface area contributed by atoms with Gasteiger partial charge in [-0.15, -0.1) is 0 Å². The van der Waals surface area contributed by atoms with E-state index in [-0.39, 0.29) is 11.8 Å². The molecule has 0 aliphatic carbocycles. The summed E-state index contributed by atoms with van der Waals surface area (Å²) in [6.45, 7) is 4.80. The molecule has 1 heterocycles. The first-order chi connectivity index (χ1) is 11.2. The number of benzene rings is 1. The maximum Gasteiger partial charge on any atom is 0.231 e. The Bertz CT molecular complexity index is 597. The van der Waals surface area contributed by atoms with Crippen molar-refractivity contribution in [2.24, 2.45) is 0 Å². The van der Waals surface area contributed by atoms with Crippen LogP contribution in [-0.2, 0) is 4.79 Å². The molecular formula is C19H24N2O2. The van der Waals surface area contributed by atoms with E-state index in [1.807, 2.05) is 43.3 Å². The Morgan fingerprint density at radius 3 is 2.57 bits per heavy atom. The van der Waals surface area contributed by atoms with Gasteiger partial charge < -0.3 is 10.1 Å². The molecule has 4 nitrogen and oxygen atoms in total. The highest BCUT2D eigenvalue weighted by Gasteiger charge is 2.18. The molecule has 4 heteroatoms. The molecule has 23 heavy (non-hydrogen) atoms. The van der Waals surface area contributed by atoms with Crippen molar-refractivity contribution >= 4 is 11.6 Å². The maximum absolute atomic E-state index is 12.5. The van der Waals surface area contributed by atoms with Crippen molar-refractivity contribution in [2.75, 3.05) is 11.9 Å². The minimum atomic E-state index is -0.156. The number of carbonyl (C=O) groups is 1. The Kier molecular flexibility index (Phi) is 6.60. The highest BCUT2D eigenvalue weighted by atomic mass is 16.5. The van der Waals surface area contributed by atoms with Gasteiger partial charge in [0, 0.05) is 6.07 Å². The number of hydrogen-bond acceptors (Lipinski definition) is 3. The van der Waals surface area contributed by atoms with Gasteiger partial charge in [-0.05, 0) is 24.5 Å². The van der Waals surface area contributed by atoms with Crippen molar-refractivity contribution in [2.45, 2.75) is 39.0 Å². The summed E-state index contributed by atoms with van der Waals surface area (Å²) in [5.41, 5.74) is 1.72. The number of anilines is 1. The second kappa shape index (κ2) is 8.93. The van der Waals surface area contributed by atoms with E-state index in [0.717, 1.165) is 24.8 Å². The van der Waals surface area contributed by atoms with E-state index >= 15 is 0 Å². The fourth-order valence-corrected chi connectivity index (χ4v) is 2.35. The summed E-state index contributed by atoms with van der Waals surface area (Å²) in [5, 5.41) is 2.93. The van der Waals surface area contributed by atoms with Crippen molar-refractivity contribution in [3.8, 4) is 5.88 Å². The van der Waals surface area contributed by atoms with E-state index in [2.05, 4.69) is 17.2 Å². The predicted molar refractivity (Wildman–Crippen MR) is 92.7 cm³/mol. The van der Waals surface area contributed by atoms with Crippen LogP contribution in [0.2, 0.25) is 0 Å². The van der Waals surface area contributed by atoms with E-state index in [1.54, 1.807) is 12.3 Å². The molecule has 0 aliphatic heterocycles. The molecule has 0 saturated heterocycles. The molecule has 122 valence electrons. The second-order valence-electron chi connectivity index (χ2n) is 5.45. The van der Waals surface area contributed by atoms with E-state index < -0.39 is 0 Å². The lowest BCUT2D eigenvalue weighted by Crippen LogP contribution is -2.20. The number of hydrogen-bond donors (Lipinski definition) is 1. The zero-order chi connectivity index (χ0) is 16.5. The molecule has 0 aliphatic rings. The van der Waals surface area contributed by atoms with Crippen molar-refractivity contribution in [3.05, 3.63) is 54.2 Å². The number of rotatable bonds is 8. The van der Waals surface area contributed by atoms with Crippen molar-refractivity contribution in [1.82, 2.24) is 4.98 Å². The predicted octanol–water partition coefficient (Wildman–Crippen LogP) is 4.39. The highest BCUT2D eigenvalue weighted by Crippen LogP contribution is 2.21. The molecule has 0 saturated carbocycles. The number of carbonyl (C=O) groups excluding carboxylic acids is 1. The van der Waals surface area contributed by atoms with Crippen LogP contribution >= 0.6 is 0 Å². The van der Waals surface area contributed by atoms with Crippen LogP contribution in [0.4, 0.5) is 5.69 Å². The van der Waals surface area contributed by atoms with Crippen LogP contribution in [-0.4, -0.2) is 17.5 Å². The molecule has 0 radical (unpaired) electrons. The van der Waals surface area contributed by atoms with Gasteiger partial charge in [0.2, 0.25) is 11.8 Å². The average Bonchev–Trinajstić information content (AvgIpc) is 2.58. The number of aromatic nitrogens is 1. The quantitative estimate of drug-likeness (QED) is 0.735. The third-order valence-corrected chi connectivity index (χ3v) is 3.68. The van der Waals surface area contributed by atoms with Gasteiger partial charge in [-0.3, -0.25) is 4.79 Å². The first kappa shape index (κ1) is 17.0.